The summed E-state index contributed by atoms with van der Waals surface area (Å²) in [6.07, 6.45) is 0. The summed E-state index contributed by atoms with van der Waals surface area (Å²) in [7, 11) is 0.763. The van der Waals surface area contributed by atoms with Gasteiger partial charge in [0.05, 0.1) is 0 Å². The molecule has 1 aromatic carbocycles. The van der Waals surface area contributed by atoms with E-state index in [1.165, 1.54) is 5.30 Å². The Hall–Kier alpha value is -0.880. The fourth-order valence-electron chi connectivity index (χ4n) is 1.37. The first-order valence-electron chi connectivity index (χ1n) is 3.90. The number of fused-ring (bicyclic) bond motifs is 1. The molecule has 3 heteroatoms. The van der Waals surface area contributed by atoms with Gasteiger partial charge >= 0.3 is 0 Å². The van der Waals surface area contributed by atoms with Gasteiger partial charge in [0.2, 0.25) is 0 Å². The van der Waals surface area contributed by atoms with Gasteiger partial charge in [-0.1, -0.05) is 20.7 Å². The first kappa shape index (κ1) is 7.75. The summed E-state index contributed by atoms with van der Waals surface area (Å²) in [5.41, 5.74) is 1.99. The van der Waals surface area contributed by atoms with E-state index in [-0.39, 0.29) is 5.91 Å². The van der Waals surface area contributed by atoms with Crippen molar-refractivity contribution in [2.24, 2.45) is 0 Å². The molecule has 0 radical (unpaired) electrons. The molecule has 0 aromatic heterocycles. The quantitative estimate of drug-likeness (QED) is 0.636. The van der Waals surface area contributed by atoms with Gasteiger partial charge in [0, 0.05) is 12.1 Å². The van der Waals surface area contributed by atoms with E-state index in [0.717, 1.165) is 19.7 Å². The van der Waals surface area contributed by atoms with Gasteiger partial charge in [-0.05, 0) is 23.6 Å². The SMILES string of the molecule is CPc1ccc2c(c1)C(=O)NC2. The van der Waals surface area contributed by atoms with E-state index >= 15 is 0 Å². The zero-order valence-corrected chi connectivity index (χ0v) is 7.85. The molecular formula is C9H10NOP. The number of nitrogens with one attached hydrogen (secondary N) is 1. The predicted octanol–water partition coefficient (Wildman–Crippen LogP) is 0.864. The maximum atomic E-state index is 11.2. The third kappa shape index (κ3) is 1.12. The van der Waals surface area contributed by atoms with Crippen molar-refractivity contribution in [2.75, 3.05) is 6.66 Å². The summed E-state index contributed by atoms with van der Waals surface area (Å²) in [6, 6.07) is 6.13. The van der Waals surface area contributed by atoms with Gasteiger partial charge in [0.1, 0.15) is 0 Å². The molecule has 1 atom stereocenters. The highest BCUT2D eigenvalue weighted by Crippen LogP contribution is 2.16. The standard InChI is InChI=1S/C9H10NOP/c1-12-7-3-2-6-5-10-9(11)8(6)4-7/h2-4,12H,5H2,1H3,(H,10,11). The minimum absolute atomic E-state index is 0.0742. The van der Waals surface area contributed by atoms with Crippen LogP contribution in [0.1, 0.15) is 15.9 Å². The molecule has 2 rings (SSSR count). The maximum absolute atomic E-state index is 11.2. The average Bonchev–Trinajstić information content (AvgIpc) is 2.47. The lowest BCUT2D eigenvalue weighted by atomic mass is 10.1. The van der Waals surface area contributed by atoms with Gasteiger partial charge in [-0.15, -0.1) is 0 Å². The Morgan fingerprint density at radius 3 is 3.08 bits per heavy atom. The lowest BCUT2D eigenvalue weighted by molar-refractivity contribution is 0.0966. The van der Waals surface area contributed by atoms with Gasteiger partial charge in [-0.3, -0.25) is 4.79 Å². The number of rotatable bonds is 1. The first-order valence-corrected chi connectivity index (χ1v) is 5.40. The van der Waals surface area contributed by atoms with Crippen LogP contribution in [0.25, 0.3) is 0 Å². The van der Waals surface area contributed by atoms with Gasteiger partial charge in [-0.25, -0.2) is 0 Å². The molecule has 0 saturated heterocycles. The molecule has 2 nitrogen and oxygen atoms in total. The predicted molar refractivity (Wildman–Crippen MR) is 51.5 cm³/mol. The van der Waals surface area contributed by atoms with E-state index in [1.54, 1.807) is 0 Å². The van der Waals surface area contributed by atoms with Crippen LogP contribution in [0.15, 0.2) is 18.2 Å². The molecule has 0 spiro atoms. The summed E-state index contributed by atoms with van der Waals surface area (Å²) in [5.74, 6) is 0.0742. The largest absolute Gasteiger partial charge is 0.348 e. The topological polar surface area (TPSA) is 29.1 Å². The summed E-state index contributed by atoms with van der Waals surface area (Å²) in [4.78, 5) is 11.2. The highest BCUT2D eigenvalue weighted by Gasteiger charge is 2.17. The molecule has 1 N–H and O–H groups in total. The van der Waals surface area contributed by atoms with E-state index in [2.05, 4.69) is 18.0 Å². The van der Waals surface area contributed by atoms with Gasteiger partial charge in [-0.2, -0.15) is 0 Å². The van der Waals surface area contributed by atoms with E-state index in [1.807, 2.05) is 12.1 Å². The summed E-state index contributed by atoms with van der Waals surface area (Å²) in [6.45, 7) is 2.82. The number of hydrogen-bond donors (Lipinski definition) is 1. The molecular weight excluding hydrogens is 169 g/mol. The van der Waals surface area contributed by atoms with Gasteiger partial charge < -0.3 is 5.32 Å². The minimum Gasteiger partial charge on any atom is -0.348 e. The summed E-state index contributed by atoms with van der Waals surface area (Å²) in [5, 5.41) is 4.06. The maximum Gasteiger partial charge on any atom is 0.251 e. The molecule has 1 amide bonds. The Bertz CT molecular complexity index is 335. The summed E-state index contributed by atoms with van der Waals surface area (Å²) < 4.78 is 0. The van der Waals surface area contributed by atoms with Crippen LogP contribution >= 0.6 is 8.58 Å². The molecule has 1 heterocycles. The average molecular weight is 179 g/mol. The molecule has 0 saturated carbocycles. The molecule has 1 unspecified atom stereocenters. The van der Waals surface area contributed by atoms with E-state index < -0.39 is 0 Å². The molecule has 1 aromatic rings. The highest BCUT2D eigenvalue weighted by atomic mass is 31.1. The van der Waals surface area contributed by atoms with Crippen molar-refractivity contribution in [3.05, 3.63) is 29.3 Å². The second-order valence-electron chi connectivity index (χ2n) is 2.80. The molecule has 0 bridgehead atoms. The lowest BCUT2D eigenvalue weighted by Gasteiger charge is -1.98. The Morgan fingerprint density at radius 2 is 2.33 bits per heavy atom. The zero-order valence-electron chi connectivity index (χ0n) is 6.85. The smallest absolute Gasteiger partial charge is 0.251 e. The summed E-state index contributed by atoms with van der Waals surface area (Å²) >= 11 is 0. The highest BCUT2D eigenvalue weighted by molar-refractivity contribution is 7.46. The van der Waals surface area contributed by atoms with Crippen LogP contribution in [0.2, 0.25) is 0 Å². The van der Waals surface area contributed by atoms with Crippen LogP contribution in [-0.4, -0.2) is 12.6 Å². The van der Waals surface area contributed by atoms with Gasteiger partial charge in [0.25, 0.3) is 5.91 Å². The normalized spacial score (nSPS) is 15.2. The molecule has 0 aliphatic carbocycles. The van der Waals surface area contributed by atoms with Crippen molar-refractivity contribution in [3.8, 4) is 0 Å². The fraction of sp³-hybridized carbons (Fsp3) is 0.222. The third-order valence-corrected chi connectivity index (χ3v) is 2.97. The molecule has 1 aliphatic heterocycles. The molecule has 1 aliphatic rings. The first-order chi connectivity index (χ1) is 5.81. The second-order valence-corrected chi connectivity index (χ2v) is 3.88. The third-order valence-electron chi connectivity index (χ3n) is 2.08. The number of hydrogen-bond acceptors (Lipinski definition) is 1. The van der Waals surface area contributed by atoms with Gasteiger partial charge in [0.15, 0.2) is 0 Å². The van der Waals surface area contributed by atoms with Crippen molar-refractivity contribution < 1.29 is 4.79 Å². The molecule has 0 fully saturated rings. The fourth-order valence-corrected chi connectivity index (χ4v) is 1.91. The zero-order chi connectivity index (χ0) is 8.55. The van der Waals surface area contributed by atoms with Crippen molar-refractivity contribution in [1.29, 1.82) is 0 Å². The molecule has 12 heavy (non-hydrogen) atoms. The van der Waals surface area contributed by atoms with Crippen molar-refractivity contribution in [2.45, 2.75) is 6.54 Å². The Balaban J connectivity index is 2.50. The van der Waals surface area contributed by atoms with Crippen LogP contribution in [0.3, 0.4) is 0 Å². The number of carbonyl (C=O) groups is 1. The van der Waals surface area contributed by atoms with Crippen molar-refractivity contribution in [1.82, 2.24) is 5.32 Å². The van der Waals surface area contributed by atoms with Crippen LogP contribution in [-0.2, 0) is 6.54 Å². The van der Waals surface area contributed by atoms with Crippen LogP contribution in [0.4, 0.5) is 0 Å². The van der Waals surface area contributed by atoms with Crippen LogP contribution < -0.4 is 10.6 Å². The van der Waals surface area contributed by atoms with Crippen molar-refractivity contribution >= 4 is 19.8 Å². The molecule has 62 valence electrons. The van der Waals surface area contributed by atoms with Crippen molar-refractivity contribution in [3.63, 3.8) is 0 Å². The van der Waals surface area contributed by atoms with E-state index in [9.17, 15) is 4.79 Å². The van der Waals surface area contributed by atoms with Crippen LogP contribution in [0, 0.1) is 0 Å². The Kier molecular flexibility index (Phi) is 1.86. The van der Waals surface area contributed by atoms with E-state index in [0.29, 0.717) is 6.54 Å². The Morgan fingerprint density at radius 1 is 1.50 bits per heavy atom. The number of amides is 1. The minimum atomic E-state index is 0.0742. The lowest BCUT2D eigenvalue weighted by Crippen LogP contribution is -2.12. The second kappa shape index (κ2) is 2.87. The number of carbonyl (C=O) groups excluding carboxylic acids is 1. The van der Waals surface area contributed by atoms with Crippen LogP contribution in [0.5, 0.6) is 0 Å². The monoisotopic (exact) mass is 179 g/mol. The number of benzene rings is 1. The van der Waals surface area contributed by atoms with E-state index in [4.69, 9.17) is 0 Å². The Labute approximate surface area is 73.1 Å².